The van der Waals surface area contributed by atoms with Crippen molar-refractivity contribution in [1.29, 1.82) is 0 Å². The van der Waals surface area contributed by atoms with Crippen LogP contribution in [0.25, 0.3) is 10.7 Å². The number of alkyl halides is 2. The van der Waals surface area contributed by atoms with E-state index in [0.29, 0.717) is 15.9 Å². The molecule has 1 aromatic carbocycles. The standard InChI is InChI=1S/C13H8F2N4O3S2/c14-12(15)22-9-6-7(3-4-8(9)19(20)21)24-13-16-11(17-18-13)10-2-1-5-23-10/h1-6,12H,(H,16,17,18). The van der Waals surface area contributed by atoms with Crippen LogP contribution in [-0.4, -0.2) is 26.7 Å². The van der Waals surface area contributed by atoms with Crippen molar-refractivity contribution in [1.82, 2.24) is 15.2 Å². The van der Waals surface area contributed by atoms with E-state index in [0.717, 1.165) is 28.8 Å². The lowest BCUT2D eigenvalue weighted by molar-refractivity contribution is -0.386. The number of ether oxygens (including phenoxy) is 1. The van der Waals surface area contributed by atoms with Gasteiger partial charge < -0.3 is 4.74 Å². The number of nitro groups is 1. The fourth-order valence-corrected chi connectivity index (χ4v) is 3.22. The maximum Gasteiger partial charge on any atom is 0.387 e. The van der Waals surface area contributed by atoms with E-state index in [-0.39, 0.29) is 0 Å². The minimum Gasteiger partial charge on any atom is -0.427 e. The molecule has 0 aliphatic carbocycles. The fraction of sp³-hybridized carbons (Fsp3) is 0.0769. The third kappa shape index (κ3) is 3.68. The first-order valence-corrected chi connectivity index (χ1v) is 8.10. The molecule has 124 valence electrons. The van der Waals surface area contributed by atoms with Crippen LogP contribution in [0.2, 0.25) is 0 Å². The molecule has 0 saturated heterocycles. The summed E-state index contributed by atoms with van der Waals surface area (Å²) < 4.78 is 29.0. The lowest BCUT2D eigenvalue weighted by Gasteiger charge is -2.06. The average molecular weight is 370 g/mol. The zero-order chi connectivity index (χ0) is 17.1. The third-order valence-corrected chi connectivity index (χ3v) is 4.50. The van der Waals surface area contributed by atoms with Crippen LogP contribution in [0.4, 0.5) is 14.5 Å². The minimum atomic E-state index is -3.15. The van der Waals surface area contributed by atoms with Crippen molar-refractivity contribution in [2.45, 2.75) is 16.7 Å². The van der Waals surface area contributed by atoms with Gasteiger partial charge in [0.2, 0.25) is 10.9 Å². The van der Waals surface area contributed by atoms with E-state index in [1.54, 1.807) is 0 Å². The van der Waals surface area contributed by atoms with Crippen LogP contribution in [0.1, 0.15) is 0 Å². The van der Waals surface area contributed by atoms with E-state index >= 15 is 0 Å². The molecule has 0 aliphatic rings. The Labute approximate surface area is 141 Å². The number of nitrogens with one attached hydrogen (secondary N) is 1. The topological polar surface area (TPSA) is 93.9 Å². The molecule has 0 atom stereocenters. The van der Waals surface area contributed by atoms with Gasteiger partial charge in [0.1, 0.15) is 0 Å². The molecule has 0 aliphatic heterocycles. The van der Waals surface area contributed by atoms with Gasteiger partial charge in [0.15, 0.2) is 5.82 Å². The van der Waals surface area contributed by atoms with Crippen LogP contribution in [0.5, 0.6) is 5.75 Å². The molecule has 0 radical (unpaired) electrons. The molecular weight excluding hydrogens is 362 g/mol. The fourth-order valence-electron chi connectivity index (χ4n) is 1.82. The second-order valence-electron chi connectivity index (χ2n) is 4.31. The summed E-state index contributed by atoms with van der Waals surface area (Å²) in [7, 11) is 0. The summed E-state index contributed by atoms with van der Waals surface area (Å²) in [6.45, 7) is -3.15. The quantitative estimate of drug-likeness (QED) is 0.516. The second-order valence-corrected chi connectivity index (χ2v) is 6.30. The maximum absolute atomic E-state index is 12.4. The van der Waals surface area contributed by atoms with Gasteiger partial charge in [0.05, 0.1) is 9.80 Å². The molecule has 0 unspecified atom stereocenters. The molecule has 0 spiro atoms. The van der Waals surface area contributed by atoms with Crippen LogP contribution in [-0.2, 0) is 0 Å². The highest BCUT2D eigenvalue weighted by molar-refractivity contribution is 7.99. The molecule has 0 bridgehead atoms. The zero-order valence-electron chi connectivity index (χ0n) is 11.7. The lowest BCUT2D eigenvalue weighted by Crippen LogP contribution is -2.04. The minimum absolute atomic E-state index is 0.357. The summed E-state index contributed by atoms with van der Waals surface area (Å²) in [6, 6.07) is 7.44. The highest BCUT2D eigenvalue weighted by Gasteiger charge is 2.20. The monoisotopic (exact) mass is 370 g/mol. The summed E-state index contributed by atoms with van der Waals surface area (Å²) in [5, 5.41) is 19.9. The van der Waals surface area contributed by atoms with Crippen LogP contribution in [0, 0.1) is 10.1 Å². The first kappa shape index (κ1) is 16.3. The SMILES string of the molecule is O=[N+]([O-])c1ccc(Sc2n[nH]c(-c3cccs3)n2)cc1OC(F)F. The molecule has 7 nitrogen and oxygen atoms in total. The van der Waals surface area contributed by atoms with Crippen molar-refractivity contribution in [3.63, 3.8) is 0 Å². The van der Waals surface area contributed by atoms with Gasteiger partial charge in [-0.05, 0) is 29.3 Å². The van der Waals surface area contributed by atoms with Gasteiger partial charge in [0.25, 0.3) is 0 Å². The predicted octanol–water partition coefficient (Wildman–Crippen LogP) is 4.19. The van der Waals surface area contributed by atoms with Gasteiger partial charge in [-0.2, -0.15) is 8.78 Å². The van der Waals surface area contributed by atoms with Gasteiger partial charge in [0, 0.05) is 17.0 Å². The second kappa shape index (κ2) is 6.93. The Balaban J connectivity index is 1.83. The summed E-state index contributed by atoms with van der Waals surface area (Å²) in [6.07, 6.45) is 0. The molecule has 0 fully saturated rings. The third-order valence-electron chi connectivity index (χ3n) is 2.77. The van der Waals surface area contributed by atoms with E-state index in [1.165, 1.54) is 17.4 Å². The molecular formula is C13H8F2N4O3S2. The number of rotatable bonds is 6. The Morgan fingerprint density at radius 1 is 1.38 bits per heavy atom. The van der Waals surface area contributed by atoms with Crippen molar-refractivity contribution in [2.75, 3.05) is 0 Å². The number of benzene rings is 1. The maximum atomic E-state index is 12.4. The molecule has 3 rings (SSSR count). The van der Waals surface area contributed by atoms with E-state index in [4.69, 9.17) is 0 Å². The Bertz CT molecular complexity index is 855. The summed E-state index contributed by atoms with van der Waals surface area (Å²) in [4.78, 5) is 15.7. The first-order valence-electron chi connectivity index (χ1n) is 6.40. The largest absolute Gasteiger partial charge is 0.427 e. The number of H-pyrrole nitrogens is 1. The Kier molecular flexibility index (Phi) is 4.71. The highest BCUT2D eigenvalue weighted by atomic mass is 32.2. The number of hydrogen-bond donors (Lipinski definition) is 1. The van der Waals surface area contributed by atoms with Gasteiger partial charge in [-0.3, -0.25) is 15.2 Å². The predicted molar refractivity (Wildman–Crippen MR) is 83.5 cm³/mol. The van der Waals surface area contributed by atoms with Crippen molar-refractivity contribution < 1.29 is 18.4 Å². The van der Waals surface area contributed by atoms with Crippen LogP contribution in [0.3, 0.4) is 0 Å². The van der Waals surface area contributed by atoms with Gasteiger partial charge in [-0.25, -0.2) is 4.98 Å². The number of halogens is 2. The summed E-state index contributed by atoms with van der Waals surface area (Å²) in [5.74, 6) is 0.0764. The van der Waals surface area contributed by atoms with Gasteiger partial charge >= 0.3 is 12.3 Å². The molecule has 11 heteroatoms. The van der Waals surface area contributed by atoms with Crippen molar-refractivity contribution >= 4 is 28.8 Å². The van der Waals surface area contributed by atoms with Crippen molar-refractivity contribution in [3.05, 3.63) is 45.8 Å². The lowest BCUT2D eigenvalue weighted by atomic mass is 10.3. The van der Waals surface area contributed by atoms with E-state index < -0.39 is 23.0 Å². The smallest absolute Gasteiger partial charge is 0.387 e. The molecule has 0 amide bonds. The van der Waals surface area contributed by atoms with Crippen LogP contribution < -0.4 is 4.74 Å². The average Bonchev–Trinajstić information content (AvgIpc) is 3.17. The number of nitro benzene ring substituents is 1. The number of thiophene rings is 1. The van der Waals surface area contributed by atoms with E-state index in [2.05, 4.69) is 19.9 Å². The number of hydrogen-bond acceptors (Lipinski definition) is 7. The summed E-state index contributed by atoms with van der Waals surface area (Å²) >= 11 is 2.56. The van der Waals surface area contributed by atoms with Gasteiger partial charge in [-0.1, -0.05) is 6.07 Å². The Morgan fingerprint density at radius 3 is 2.88 bits per heavy atom. The van der Waals surface area contributed by atoms with Crippen molar-refractivity contribution in [2.24, 2.45) is 0 Å². The van der Waals surface area contributed by atoms with Crippen LogP contribution in [0.15, 0.2) is 45.8 Å². The first-order chi connectivity index (χ1) is 11.5. The molecule has 0 saturated carbocycles. The number of aromatic nitrogens is 3. The zero-order valence-corrected chi connectivity index (χ0v) is 13.3. The van der Waals surface area contributed by atoms with Crippen LogP contribution >= 0.6 is 23.1 Å². The molecule has 2 heterocycles. The molecule has 3 aromatic rings. The number of nitrogens with zero attached hydrogens (tertiary/aromatic N) is 3. The number of aromatic amines is 1. The Morgan fingerprint density at radius 2 is 2.21 bits per heavy atom. The van der Waals surface area contributed by atoms with Crippen molar-refractivity contribution in [3.8, 4) is 16.5 Å². The normalized spacial score (nSPS) is 11.0. The van der Waals surface area contributed by atoms with E-state index in [1.807, 2.05) is 17.5 Å². The summed E-state index contributed by atoms with van der Waals surface area (Å²) in [5.41, 5.74) is -0.533. The molecule has 2 aromatic heterocycles. The van der Waals surface area contributed by atoms with Gasteiger partial charge in [-0.15, -0.1) is 16.4 Å². The molecule has 1 N–H and O–H groups in total. The highest BCUT2D eigenvalue weighted by Crippen LogP contribution is 2.35. The van der Waals surface area contributed by atoms with E-state index in [9.17, 15) is 18.9 Å². The Hall–Kier alpha value is -2.53. The molecule has 24 heavy (non-hydrogen) atoms.